The summed E-state index contributed by atoms with van der Waals surface area (Å²) in [6.45, 7) is 1.83. The first-order chi connectivity index (χ1) is 9.08. The summed E-state index contributed by atoms with van der Waals surface area (Å²) in [7, 11) is 5.37. The van der Waals surface area contributed by atoms with Crippen molar-refractivity contribution in [3.63, 3.8) is 0 Å². The molecule has 0 amide bonds. The highest BCUT2D eigenvalue weighted by molar-refractivity contribution is 5.86. The van der Waals surface area contributed by atoms with Gasteiger partial charge in [-0.05, 0) is 31.2 Å². The molecule has 0 spiro atoms. The lowest BCUT2D eigenvalue weighted by Gasteiger charge is -2.20. The molecular weight excluding hydrogens is 242 g/mol. The first-order valence-electron chi connectivity index (χ1n) is 5.95. The highest BCUT2D eigenvalue weighted by Crippen LogP contribution is 2.28. The zero-order valence-electron chi connectivity index (χ0n) is 11.5. The van der Waals surface area contributed by atoms with Crippen molar-refractivity contribution < 1.29 is 9.53 Å². The number of carbonyl (C=O) groups is 1. The Bertz CT molecular complexity index is 587. The summed E-state index contributed by atoms with van der Waals surface area (Å²) >= 11 is 0. The molecule has 0 aliphatic carbocycles. The largest absolute Gasteiger partial charge is 0.497 e. The van der Waals surface area contributed by atoms with Crippen molar-refractivity contribution in [2.24, 2.45) is 7.05 Å². The number of anilines is 2. The van der Waals surface area contributed by atoms with Gasteiger partial charge in [-0.15, -0.1) is 0 Å². The summed E-state index contributed by atoms with van der Waals surface area (Å²) in [6, 6.07) is 7.65. The molecule has 0 fully saturated rings. The van der Waals surface area contributed by atoms with Gasteiger partial charge in [-0.1, -0.05) is 0 Å². The number of aromatic nitrogens is 2. The number of ether oxygens (including phenoxy) is 1. The average molecular weight is 259 g/mol. The maximum atomic E-state index is 11.2. The lowest BCUT2D eigenvalue weighted by Crippen LogP contribution is -2.15. The number of nitrogens with zero attached hydrogens (tertiary/aromatic N) is 3. The van der Waals surface area contributed by atoms with E-state index >= 15 is 0 Å². The van der Waals surface area contributed by atoms with Crippen LogP contribution in [0.1, 0.15) is 16.1 Å². The van der Waals surface area contributed by atoms with E-state index in [1.54, 1.807) is 11.8 Å². The third-order valence-corrected chi connectivity index (χ3v) is 3.13. The van der Waals surface area contributed by atoms with Crippen molar-refractivity contribution in [3.05, 3.63) is 35.5 Å². The summed E-state index contributed by atoms with van der Waals surface area (Å²) in [5.74, 6) is 1.58. The van der Waals surface area contributed by atoms with Crippen LogP contribution in [0.3, 0.4) is 0 Å². The maximum absolute atomic E-state index is 11.2. The van der Waals surface area contributed by atoms with Crippen LogP contribution in [0.25, 0.3) is 0 Å². The van der Waals surface area contributed by atoms with E-state index in [0.717, 1.165) is 29.2 Å². The van der Waals surface area contributed by atoms with Gasteiger partial charge >= 0.3 is 0 Å². The van der Waals surface area contributed by atoms with Crippen LogP contribution in [0.2, 0.25) is 0 Å². The smallest absolute Gasteiger partial charge is 0.155 e. The number of methoxy groups -OCH3 is 1. The van der Waals surface area contributed by atoms with Gasteiger partial charge in [0.2, 0.25) is 0 Å². The second-order valence-electron chi connectivity index (χ2n) is 4.32. The lowest BCUT2D eigenvalue weighted by atomic mass is 10.2. The number of carbonyl (C=O) groups excluding carboxylic acids is 1. The highest BCUT2D eigenvalue weighted by atomic mass is 16.5. The molecule has 0 bridgehead atoms. The molecule has 2 rings (SSSR count). The Hall–Kier alpha value is -2.30. The second-order valence-corrected chi connectivity index (χ2v) is 4.32. The van der Waals surface area contributed by atoms with E-state index in [2.05, 4.69) is 5.10 Å². The van der Waals surface area contributed by atoms with Gasteiger partial charge in [-0.25, -0.2) is 0 Å². The molecule has 1 aromatic heterocycles. The van der Waals surface area contributed by atoms with Gasteiger partial charge in [0, 0.05) is 19.8 Å². The van der Waals surface area contributed by atoms with E-state index in [1.165, 1.54) is 0 Å². The number of hydrogen-bond acceptors (Lipinski definition) is 4. The van der Waals surface area contributed by atoms with E-state index < -0.39 is 0 Å². The third kappa shape index (κ3) is 2.31. The third-order valence-electron chi connectivity index (χ3n) is 3.13. The normalized spacial score (nSPS) is 10.3. The van der Waals surface area contributed by atoms with Crippen LogP contribution >= 0.6 is 0 Å². The van der Waals surface area contributed by atoms with Crippen LogP contribution < -0.4 is 9.64 Å². The number of hydrogen-bond donors (Lipinski definition) is 0. The Labute approximate surface area is 112 Å². The molecule has 1 aromatic carbocycles. The fourth-order valence-electron chi connectivity index (χ4n) is 2.13. The van der Waals surface area contributed by atoms with Crippen LogP contribution in [0.4, 0.5) is 11.5 Å². The number of aryl methyl sites for hydroxylation is 2. The zero-order valence-corrected chi connectivity index (χ0v) is 11.5. The van der Waals surface area contributed by atoms with Gasteiger partial charge in [0.1, 0.15) is 11.6 Å². The Morgan fingerprint density at radius 3 is 2.47 bits per heavy atom. The summed E-state index contributed by atoms with van der Waals surface area (Å²) in [5.41, 5.74) is 2.31. The van der Waals surface area contributed by atoms with Crippen LogP contribution in [0, 0.1) is 6.92 Å². The monoisotopic (exact) mass is 259 g/mol. The molecule has 0 aliphatic rings. The van der Waals surface area contributed by atoms with Gasteiger partial charge < -0.3 is 9.64 Å². The summed E-state index contributed by atoms with van der Waals surface area (Å²) in [6.07, 6.45) is 0.845. The van der Waals surface area contributed by atoms with E-state index in [-0.39, 0.29) is 0 Å². The molecule has 1 heterocycles. The SMILES string of the molecule is COc1ccc(N(C)c2c(C=O)c(C)nn2C)cc1. The van der Waals surface area contributed by atoms with Crippen molar-refractivity contribution in [1.82, 2.24) is 9.78 Å². The number of aldehydes is 1. The molecular formula is C14H17N3O2. The van der Waals surface area contributed by atoms with Crippen molar-refractivity contribution in [2.45, 2.75) is 6.92 Å². The van der Waals surface area contributed by atoms with Crippen LogP contribution in [-0.4, -0.2) is 30.2 Å². The van der Waals surface area contributed by atoms with E-state index in [9.17, 15) is 4.79 Å². The quantitative estimate of drug-likeness (QED) is 0.791. The maximum Gasteiger partial charge on any atom is 0.155 e. The zero-order chi connectivity index (χ0) is 14.0. The van der Waals surface area contributed by atoms with Crippen LogP contribution in [0.5, 0.6) is 5.75 Å². The minimum atomic E-state index is 0.612. The van der Waals surface area contributed by atoms with E-state index in [4.69, 9.17) is 4.74 Å². The van der Waals surface area contributed by atoms with Gasteiger partial charge in [0.15, 0.2) is 6.29 Å². The Morgan fingerprint density at radius 2 is 1.95 bits per heavy atom. The molecule has 2 aromatic rings. The van der Waals surface area contributed by atoms with Gasteiger partial charge in [-0.3, -0.25) is 9.48 Å². The highest BCUT2D eigenvalue weighted by Gasteiger charge is 2.17. The lowest BCUT2D eigenvalue weighted by molar-refractivity contribution is 0.112. The van der Waals surface area contributed by atoms with Gasteiger partial charge in [0.25, 0.3) is 0 Å². The molecule has 5 heteroatoms. The Kier molecular flexibility index (Phi) is 3.55. The van der Waals surface area contributed by atoms with Crippen molar-refractivity contribution in [1.29, 1.82) is 0 Å². The molecule has 0 unspecified atom stereocenters. The molecule has 0 radical (unpaired) electrons. The predicted octanol–water partition coefficient (Wildman–Crippen LogP) is 2.32. The molecule has 5 nitrogen and oxygen atoms in total. The molecule has 0 saturated heterocycles. The first kappa shape index (κ1) is 13.1. The number of rotatable bonds is 4. The molecule has 100 valence electrons. The molecule has 0 N–H and O–H groups in total. The minimum absolute atomic E-state index is 0.612. The van der Waals surface area contributed by atoms with E-state index in [0.29, 0.717) is 5.56 Å². The standard InChI is InChI=1S/C14H17N3O2/c1-10-13(9-18)14(17(3)15-10)16(2)11-5-7-12(19-4)8-6-11/h5-9H,1-4H3. The van der Waals surface area contributed by atoms with Crippen molar-refractivity contribution in [2.75, 3.05) is 19.1 Å². The second kappa shape index (κ2) is 5.14. The van der Waals surface area contributed by atoms with Crippen LogP contribution in [0.15, 0.2) is 24.3 Å². The molecule has 19 heavy (non-hydrogen) atoms. The number of benzene rings is 1. The predicted molar refractivity (Wildman–Crippen MR) is 74.4 cm³/mol. The molecule has 0 saturated carbocycles. The fourth-order valence-corrected chi connectivity index (χ4v) is 2.13. The van der Waals surface area contributed by atoms with Gasteiger partial charge in [-0.2, -0.15) is 5.10 Å². The van der Waals surface area contributed by atoms with Crippen molar-refractivity contribution in [3.8, 4) is 5.75 Å². The average Bonchev–Trinajstić information content (AvgIpc) is 2.72. The van der Waals surface area contributed by atoms with Crippen molar-refractivity contribution >= 4 is 17.8 Å². The fraction of sp³-hybridized carbons (Fsp3) is 0.286. The molecule has 0 atom stereocenters. The Balaban J connectivity index is 2.43. The topological polar surface area (TPSA) is 47.4 Å². The molecule has 0 aliphatic heterocycles. The minimum Gasteiger partial charge on any atom is -0.497 e. The summed E-state index contributed by atoms with van der Waals surface area (Å²) in [5, 5.41) is 4.28. The Morgan fingerprint density at radius 1 is 1.32 bits per heavy atom. The van der Waals surface area contributed by atoms with E-state index in [1.807, 2.05) is 50.2 Å². The van der Waals surface area contributed by atoms with Crippen LogP contribution in [-0.2, 0) is 7.05 Å². The summed E-state index contributed by atoms with van der Waals surface area (Å²) < 4.78 is 6.85. The van der Waals surface area contributed by atoms with Gasteiger partial charge in [0.05, 0.1) is 18.4 Å². The first-order valence-corrected chi connectivity index (χ1v) is 5.95. The summed E-state index contributed by atoms with van der Waals surface area (Å²) in [4.78, 5) is 13.1.